The van der Waals surface area contributed by atoms with Crippen molar-refractivity contribution < 1.29 is 14.3 Å². The molecular formula is C20H14BrN3O3. The minimum Gasteiger partial charge on any atom is -0.507 e. The SMILES string of the molecule is Cc1cc(NC(=O)c2cncc(Br)c2)cc(-c2nc3ccccc3o2)c1O. The van der Waals surface area contributed by atoms with Gasteiger partial charge in [-0.05, 0) is 58.7 Å². The van der Waals surface area contributed by atoms with Gasteiger partial charge in [0.25, 0.3) is 5.91 Å². The van der Waals surface area contributed by atoms with Crippen molar-refractivity contribution in [3.05, 3.63) is 70.5 Å². The van der Waals surface area contributed by atoms with Gasteiger partial charge in [0.05, 0.1) is 11.1 Å². The second-order valence-corrected chi connectivity index (χ2v) is 6.94. The van der Waals surface area contributed by atoms with Crippen LogP contribution in [0.15, 0.2) is 63.7 Å². The second-order valence-electron chi connectivity index (χ2n) is 6.02. The van der Waals surface area contributed by atoms with E-state index in [-0.39, 0.29) is 17.5 Å². The Morgan fingerprint density at radius 3 is 2.78 bits per heavy atom. The normalized spacial score (nSPS) is 10.9. The number of carbonyl (C=O) groups is 1. The number of amides is 1. The molecule has 6 nitrogen and oxygen atoms in total. The van der Waals surface area contributed by atoms with Gasteiger partial charge < -0.3 is 14.8 Å². The molecule has 7 heteroatoms. The van der Waals surface area contributed by atoms with Gasteiger partial charge in [-0.1, -0.05) is 12.1 Å². The van der Waals surface area contributed by atoms with Crippen molar-refractivity contribution in [1.29, 1.82) is 0 Å². The van der Waals surface area contributed by atoms with Gasteiger partial charge in [0.2, 0.25) is 5.89 Å². The molecule has 2 aromatic heterocycles. The van der Waals surface area contributed by atoms with Crippen LogP contribution in [0, 0.1) is 6.92 Å². The zero-order chi connectivity index (χ0) is 19.0. The first-order valence-corrected chi connectivity index (χ1v) is 8.92. The van der Waals surface area contributed by atoms with Crippen LogP contribution in [-0.4, -0.2) is 21.0 Å². The third-order valence-corrected chi connectivity index (χ3v) is 4.48. The number of aryl methyl sites for hydroxylation is 1. The van der Waals surface area contributed by atoms with Crippen molar-refractivity contribution in [2.75, 3.05) is 5.32 Å². The fourth-order valence-electron chi connectivity index (χ4n) is 2.74. The van der Waals surface area contributed by atoms with E-state index in [0.717, 1.165) is 0 Å². The summed E-state index contributed by atoms with van der Waals surface area (Å²) >= 11 is 3.30. The van der Waals surface area contributed by atoms with E-state index in [2.05, 4.69) is 31.2 Å². The number of rotatable bonds is 3. The van der Waals surface area contributed by atoms with Gasteiger partial charge in [-0.3, -0.25) is 9.78 Å². The highest BCUT2D eigenvalue weighted by Crippen LogP contribution is 2.36. The Kier molecular flexibility index (Phi) is 4.37. The Bertz CT molecular complexity index is 1140. The molecule has 0 spiro atoms. The number of phenolic OH excluding ortho intramolecular Hbond substituents is 1. The van der Waals surface area contributed by atoms with Gasteiger partial charge in [-0.15, -0.1) is 0 Å². The summed E-state index contributed by atoms with van der Waals surface area (Å²) in [7, 11) is 0. The number of aromatic nitrogens is 2. The summed E-state index contributed by atoms with van der Waals surface area (Å²) in [6.07, 6.45) is 3.09. The third-order valence-electron chi connectivity index (χ3n) is 4.05. The lowest BCUT2D eigenvalue weighted by Crippen LogP contribution is -2.12. The zero-order valence-corrected chi connectivity index (χ0v) is 15.8. The molecule has 0 aliphatic heterocycles. The monoisotopic (exact) mass is 423 g/mol. The van der Waals surface area contributed by atoms with Crippen LogP contribution in [0.2, 0.25) is 0 Å². The van der Waals surface area contributed by atoms with Crippen LogP contribution in [0.4, 0.5) is 5.69 Å². The van der Waals surface area contributed by atoms with Crippen LogP contribution in [0.3, 0.4) is 0 Å². The first-order chi connectivity index (χ1) is 13.0. The summed E-state index contributed by atoms with van der Waals surface area (Å²) in [5.41, 5.74) is 3.26. The van der Waals surface area contributed by atoms with E-state index in [1.807, 2.05) is 24.3 Å². The molecule has 27 heavy (non-hydrogen) atoms. The second kappa shape index (κ2) is 6.85. The highest BCUT2D eigenvalue weighted by Gasteiger charge is 2.16. The standard InChI is InChI=1S/C20H14BrN3O3/c1-11-6-14(23-19(26)12-7-13(21)10-22-9-12)8-15(18(11)25)20-24-16-4-2-3-5-17(16)27-20/h2-10,25H,1H3,(H,23,26). The van der Waals surface area contributed by atoms with Crippen molar-refractivity contribution >= 4 is 38.6 Å². The number of phenols is 1. The number of anilines is 1. The minimum absolute atomic E-state index is 0.0590. The largest absolute Gasteiger partial charge is 0.507 e. The molecule has 0 atom stereocenters. The Morgan fingerprint density at radius 2 is 2.00 bits per heavy atom. The molecule has 0 radical (unpaired) electrons. The van der Waals surface area contributed by atoms with Crippen molar-refractivity contribution in [2.45, 2.75) is 6.92 Å². The number of aromatic hydroxyl groups is 1. The Hall–Kier alpha value is -3.19. The molecule has 0 aliphatic rings. The number of fused-ring (bicyclic) bond motifs is 1. The number of hydrogen-bond donors (Lipinski definition) is 2. The number of oxazole rings is 1. The maximum absolute atomic E-state index is 12.5. The van der Waals surface area contributed by atoms with Crippen LogP contribution in [0.1, 0.15) is 15.9 Å². The number of hydrogen-bond acceptors (Lipinski definition) is 5. The van der Waals surface area contributed by atoms with E-state index in [1.165, 1.54) is 6.20 Å². The Balaban J connectivity index is 1.72. The van der Waals surface area contributed by atoms with E-state index in [9.17, 15) is 9.90 Å². The lowest BCUT2D eigenvalue weighted by Gasteiger charge is -2.10. The average molecular weight is 424 g/mol. The average Bonchev–Trinajstić information content (AvgIpc) is 3.08. The van der Waals surface area contributed by atoms with E-state index >= 15 is 0 Å². The van der Waals surface area contributed by atoms with Crippen LogP contribution in [-0.2, 0) is 0 Å². The van der Waals surface area contributed by atoms with Gasteiger partial charge in [0.1, 0.15) is 11.3 Å². The topological polar surface area (TPSA) is 88.3 Å². The highest BCUT2D eigenvalue weighted by atomic mass is 79.9. The van der Waals surface area contributed by atoms with Gasteiger partial charge in [-0.2, -0.15) is 0 Å². The fourth-order valence-corrected chi connectivity index (χ4v) is 3.11. The summed E-state index contributed by atoms with van der Waals surface area (Å²) < 4.78 is 6.46. The van der Waals surface area contributed by atoms with E-state index < -0.39 is 0 Å². The molecule has 0 aliphatic carbocycles. The summed E-state index contributed by atoms with van der Waals surface area (Å²) in [4.78, 5) is 20.9. The van der Waals surface area contributed by atoms with Crippen LogP contribution in [0.5, 0.6) is 5.75 Å². The summed E-state index contributed by atoms with van der Waals surface area (Å²) in [5, 5.41) is 13.3. The first kappa shape index (κ1) is 17.2. The molecule has 4 rings (SSSR count). The quantitative estimate of drug-likeness (QED) is 0.456. The minimum atomic E-state index is -0.308. The Labute approximate surface area is 163 Å². The van der Waals surface area contributed by atoms with Gasteiger partial charge in [0.15, 0.2) is 5.58 Å². The number of halogens is 1. The molecule has 0 saturated heterocycles. The number of pyridine rings is 1. The number of nitrogens with one attached hydrogen (secondary N) is 1. The van der Waals surface area contributed by atoms with E-state index in [0.29, 0.717) is 38.0 Å². The molecule has 4 aromatic rings. The van der Waals surface area contributed by atoms with Crippen LogP contribution >= 0.6 is 15.9 Å². The number of nitrogens with zero attached hydrogens (tertiary/aromatic N) is 2. The number of para-hydroxylation sites is 2. The molecule has 2 N–H and O–H groups in total. The summed E-state index contributed by atoms with van der Waals surface area (Å²) in [6.45, 7) is 1.75. The van der Waals surface area contributed by atoms with Crippen molar-refractivity contribution in [1.82, 2.24) is 9.97 Å². The maximum Gasteiger partial charge on any atom is 0.257 e. The van der Waals surface area contributed by atoms with E-state index in [1.54, 1.807) is 31.3 Å². The first-order valence-electron chi connectivity index (χ1n) is 8.13. The van der Waals surface area contributed by atoms with Gasteiger partial charge in [0, 0.05) is 22.6 Å². The lowest BCUT2D eigenvalue weighted by molar-refractivity contribution is 0.102. The number of benzene rings is 2. The predicted molar refractivity (Wildman–Crippen MR) is 106 cm³/mol. The molecule has 0 unspecified atom stereocenters. The lowest BCUT2D eigenvalue weighted by atomic mass is 10.1. The molecule has 1 amide bonds. The maximum atomic E-state index is 12.5. The highest BCUT2D eigenvalue weighted by molar-refractivity contribution is 9.10. The smallest absolute Gasteiger partial charge is 0.257 e. The third kappa shape index (κ3) is 3.41. The molecule has 2 aromatic carbocycles. The zero-order valence-electron chi connectivity index (χ0n) is 14.2. The molecule has 0 bridgehead atoms. The molecule has 2 heterocycles. The summed E-state index contributed by atoms with van der Waals surface area (Å²) in [6, 6.07) is 12.4. The van der Waals surface area contributed by atoms with Crippen molar-refractivity contribution in [3.8, 4) is 17.2 Å². The van der Waals surface area contributed by atoms with Gasteiger partial charge in [-0.25, -0.2) is 4.98 Å². The number of carbonyl (C=O) groups excluding carboxylic acids is 1. The van der Waals surface area contributed by atoms with Crippen molar-refractivity contribution in [2.24, 2.45) is 0 Å². The van der Waals surface area contributed by atoms with Gasteiger partial charge >= 0.3 is 0 Å². The molecule has 0 saturated carbocycles. The van der Waals surface area contributed by atoms with Crippen LogP contribution in [0.25, 0.3) is 22.6 Å². The Morgan fingerprint density at radius 1 is 1.19 bits per heavy atom. The predicted octanol–water partition coefficient (Wildman–Crippen LogP) is 4.92. The molecular weight excluding hydrogens is 410 g/mol. The summed E-state index contributed by atoms with van der Waals surface area (Å²) in [5.74, 6) is 0.0399. The fraction of sp³-hybridized carbons (Fsp3) is 0.0500. The van der Waals surface area contributed by atoms with Crippen LogP contribution < -0.4 is 5.32 Å². The molecule has 134 valence electrons. The molecule has 0 fully saturated rings. The van der Waals surface area contributed by atoms with Crippen molar-refractivity contribution in [3.63, 3.8) is 0 Å². The van der Waals surface area contributed by atoms with E-state index in [4.69, 9.17) is 4.42 Å².